The molecule has 86 valence electrons. The van der Waals surface area contributed by atoms with Gasteiger partial charge in [-0.2, -0.15) is 0 Å². The van der Waals surface area contributed by atoms with Gasteiger partial charge in [0.25, 0.3) is 0 Å². The molecule has 0 fully saturated rings. The Morgan fingerprint density at radius 1 is 1.25 bits per heavy atom. The highest BCUT2D eigenvalue weighted by molar-refractivity contribution is 5.85. The molecule has 0 atom stereocenters. The first-order chi connectivity index (χ1) is 7.50. The first-order valence-corrected chi connectivity index (χ1v) is 4.42. The van der Waals surface area contributed by atoms with Gasteiger partial charge in [0.2, 0.25) is 0 Å². The number of carboxylic acids is 1. The molecule has 6 heteroatoms. The van der Waals surface area contributed by atoms with E-state index in [1.165, 1.54) is 31.3 Å². The summed E-state index contributed by atoms with van der Waals surface area (Å²) in [5.74, 6) is -0.684. The Morgan fingerprint density at radius 2 is 1.81 bits per heavy atom. The molecule has 0 aromatic heterocycles. The summed E-state index contributed by atoms with van der Waals surface area (Å²) in [5, 5.41) is 17.1. The van der Waals surface area contributed by atoms with E-state index in [2.05, 4.69) is 0 Å². The molecule has 1 aromatic carbocycles. The normalized spacial score (nSPS) is 9.56. The predicted octanol–water partition coefficient (Wildman–Crippen LogP) is 1.26. The number of aliphatic carboxylic acids is 1. The second-order valence-electron chi connectivity index (χ2n) is 3.02. The van der Waals surface area contributed by atoms with Crippen LogP contribution in [-0.2, 0) is 4.79 Å². The van der Waals surface area contributed by atoms with Crippen molar-refractivity contribution in [2.45, 2.75) is 0 Å². The summed E-state index contributed by atoms with van der Waals surface area (Å²) in [6.45, 7) is -0.423. The molecule has 0 unspecified atom stereocenters. The third-order valence-electron chi connectivity index (χ3n) is 1.87. The molecule has 0 radical (unpaired) electrons. The van der Waals surface area contributed by atoms with Crippen LogP contribution >= 0.6 is 0 Å². The van der Waals surface area contributed by atoms with Crippen LogP contribution < -0.4 is 9.64 Å². The lowest BCUT2D eigenvalue weighted by Gasteiger charge is -2.13. The van der Waals surface area contributed by atoms with Gasteiger partial charge in [-0.15, -0.1) is 0 Å². The molecule has 2 N–H and O–H groups in total. The van der Waals surface area contributed by atoms with E-state index in [4.69, 9.17) is 14.9 Å². The average Bonchev–Trinajstić information content (AvgIpc) is 2.26. The van der Waals surface area contributed by atoms with Gasteiger partial charge in [0.15, 0.2) is 6.61 Å². The SMILES string of the molecule is CN(C(=O)O)c1ccc(OCC(=O)O)cc1. The van der Waals surface area contributed by atoms with E-state index < -0.39 is 18.7 Å². The van der Waals surface area contributed by atoms with E-state index in [9.17, 15) is 9.59 Å². The smallest absolute Gasteiger partial charge is 0.411 e. The van der Waals surface area contributed by atoms with Gasteiger partial charge in [0.05, 0.1) is 0 Å². The van der Waals surface area contributed by atoms with E-state index in [0.29, 0.717) is 11.4 Å². The van der Waals surface area contributed by atoms with Gasteiger partial charge in [-0.3, -0.25) is 4.90 Å². The third kappa shape index (κ3) is 3.16. The number of ether oxygens (including phenoxy) is 1. The zero-order chi connectivity index (χ0) is 12.1. The van der Waals surface area contributed by atoms with Crippen LogP contribution in [0.25, 0.3) is 0 Å². The van der Waals surface area contributed by atoms with E-state index in [0.717, 1.165) is 4.90 Å². The summed E-state index contributed by atoms with van der Waals surface area (Å²) < 4.78 is 4.90. The van der Waals surface area contributed by atoms with Gasteiger partial charge in [-0.25, -0.2) is 9.59 Å². The number of amides is 1. The van der Waals surface area contributed by atoms with Crippen LogP contribution in [0.2, 0.25) is 0 Å². The van der Waals surface area contributed by atoms with Gasteiger partial charge in [-0.05, 0) is 24.3 Å². The van der Waals surface area contributed by atoms with Crippen molar-refractivity contribution in [2.24, 2.45) is 0 Å². The molecule has 1 aromatic rings. The van der Waals surface area contributed by atoms with E-state index in [1.807, 2.05) is 0 Å². The number of rotatable bonds is 4. The van der Waals surface area contributed by atoms with Crippen molar-refractivity contribution < 1.29 is 24.5 Å². The van der Waals surface area contributed by atoms with E-state index in [1.54, 1.807) is 0 Å². The molecule has 0 aliphatic heterocycles. The average molecular weight is 225 g/mol. The van der Waals surface area contributed by atoms with Crippen molar-refractivity contribution >= 4 is 17.7 Å². The monoisotopic (exact) mass is 225 g/mol. The number of nitrogens with zero attached hydrogens (tertiary/aromatic N) is 1. The first-order valence-electron chi connectivity index (χ1n) is 4.42. The second kappa shape index (κ2) is 5.01. The van der Waals surface area contributed by atoms with Crippen LogP contribution in [0.5, 0.6) is 5.75 Å². The fraction of sp³-hybridized carbons (Fsp3) is 0.200. The molecule has 0 spiro atoms. The standard InChI is InChI=1S/C10H11NO5/c1-11(10(14)15)7-2-4-8(5-3-7)16-6-9(12)13/h2-5H,6H2,1H3,(H,12,13)(H,14,15). The van der Waals surface area contributed by atoms with Crippen LogP contribution in [0.1, 0.15) is 0 Å². The Kier molecular flexibility index (Phi) is 3.71. The topological polar surface area (TPSA) is 87.1 Å². The van der Waals surface area contributed by atoms with E-state index in [-0.39, 0.29) is 0 Å². The Balaban J connectivity index is 2.67. The Labute approximate surface area is 91.7 Å². The highest BCUT2D eigenvalue weighted by atomic mass is 16.5. The van der Waals surface area contributed by atoms with Crippen LogP contribution in [0, 0.1) is 0 Å². The van der Waals surface area contributed by atoms with Crippen LogP contribution in [0.3, 0.4) is 0 Å². The predicted molar refractivity (Wildman–Crippen MR) is 56.0 cm³/mol. The minimum Gasteiger partial charge on any atom is -0.482 e. The number of hydrogen-bond donors (Lipinski definition) is 2. The van der Waals surface area contributed by atoms with Crippen molar-refractivity contribution in [3.63, 3.8) is 0 Å². The summed E-state index contributed by atoms with van der Waals surface area (Å²) in [6.07, 6.45) is -1.07. The maximum absolute atomic E-state index is 10.6. The molecule has 0 saturated carbocycles. The van der Waals surface area contributed by atoms with Crippen molar-refractivity contribution in [3.8, 4) is 5.75 Å². The minimum atomic E-state index is -1.07. The summed E-state index contributed by atoms with van der Waals surface area (Å²) in [7, 11) is 1.41. The lowest BCUT2D eigenvalue weighted by atomic mass is 10.3. The lowest BCUT2D eigenvalue weighted by Crippen LogP contribution is -2.23. The van der Waals surface area contributed by atoms with Crippen molar-refractivity contribution in [1.82, 2.24) is 0 Å². The van der Waals surface area contributed by atoms with Gasteiger partial charge < -0.3 is 14.9 Å². The molecule has 6 nitrogen and oxygen atoms in total. The number of carboxylic acid groups (broad SMARTS) is 2. The molecule has 1 amide bonds. The highest BCUT2D eigenvalue weighted by Gasteiger charge is 2.08. The second-order valence-corrected chi connectivity index (χ2v) is 3.02. The van der Waals surface area contributed by atoms with E-state index >= 15 is 0 Å². The molecule has 0 saturated heterocycles. The van der Waals surface area contributed by atoms with Crippen LogP contribution in [-0.4, -0.2) is 35.9 Å². The maximum Gasteiger partial charge on any atom is 0.411 e. The molecule has 1 rings (SSSR count). The van der Waals surface area contributed by atoms with Gasteiger partial charge >= 0.3 is 12.1 Å². The summed E-state index contributed by atoms with van der Waals surface area (Å²) in [6, 6.07) is 6.09. The molecule has 0 aliphatic rings. The largest absolute Gasteiger partial charge is 0.482 e. The zero-order valence-electron chi connectivity index (χ0n) is 8.58. The molecule has 0 bridgehead atoms. The number of anilines is 1. The third-order valence-corrected chi connectivity index (χ3v) is 1.87. The number of hydrogen-bond acceptors (Lipinski definition) is 3. The van der Waals surface area contributed by atoms with Crippen molar-refractivity contribution in [1.29, 1.82) is 0 Å². The van der Waals surface area contributed by atoms with Crippen LogP contribution in [0.4, 0.5) is 10.5 Å². The Morgan fingerprint density at radius 3 is 2.25 bits per heavy atom. The van der Waals surface area contributed by atoms with Gasteiger partial charge in [-0.1, -0.05) is 0 Å². The fourth-order valence-electron chi connectivity index (χ4n) is 1.02. The lowest BCUT2D eigenvalue weighted by molar-refractivity contribution is -0.139. The molecule has 0 heterocycles. The molecular weight excluding hydrogens is 214 g/mol. The number of carbonyl (C=O) groups is 2. The first kappa shape index (κ1) is 11.8. The van der Waals surface area contributed by atoms with Gasteiger partial charge in [0.1, 0.15) is 5.75 Å². The molecule has 0 aliphatic carbocycles. The van der Waals surface area contributed by atoms with Crippen molar-refractivity contribution in [2.75, 3.05) is 18.6 Å². The quantitative estimate of drug-likeness (QED) is 0.805. The summed E-state index contributed by atoms with van der Waals surface area (Å²) >= 11 is 0. The van der Waals surface area contributed by atoms with Gasteiger partial charge in [0, 0.05) is 12.7 Å². The van der Waals surface area contributed by atoms with Crippen molar-refractivity contribution in [3.05, 3.63) is 24.3 Å². The number of benzene rings is 1. The summed E-state index contributed by atoms with van der Waals surface area (Å²) in [4.78, 5) is 21.9. The zero-order valence-corrected chi connectivity index (χ0v) is 8.58. The van der Waals surface area contributed by atoms with Crippen LogP contribution in [0.15, 0.2) is 24.3 Å². The highest BCUT2D eigenvalue weighted by Crippen LogP contribution is 2.18. The summed E-state index contributed by atoms with van der Waals surface area (Å²) in [5.41, 5.74) is 0.482. The Bertz CT molecular complexity index is 387. The molecule has 16 heavy (non-hydrogen) atoms. The fourth-order valence-corrected chi connectivity index (χ4v) is 1.02. The maximum atomic E-state index is 10.6. The molecular formula is C10H11NO5. The Hall–Kier alpha value is -2.24. The minimum absolute atomic E-state index is 0.380.